The molecule has 0 fully saturated rings. The lowest BCUT2D eigenvalue weighted by molar-refractivity contribution is 0.359. The van der Waals surface area contributed by atoms with Crippen LogP contribution in [0.2, 0.25) is 0 Å². The summed E-state index contributed by atoms with van der Waals surface area (Å²) in [4.78, 5) is 2.37. The first-order valence-electron chi connectivity index (χ1n) is 3.10. The molecule has 0 unspecified atom stereocenters. The fourth-order valence-electron chi connectivity index (χ4n) is 0.928. The minimum atomic E-state index is 1.03. The van der Waals surface area contributed by atoms with Crippen LogP contribution in [0, 0.1) is 6.92 Å². The Bertz CT molecular complexity index is 78.4. The lowest BCUT2D eigenvalue weighted by Crippen LogP contribution is -2.20. The standard InChI is InChI=1S/C7H12N/c1-2-5-8-6-3-4-7-8/h3-4H,1-2,5-7H2. The molecule has 1 aliphatic rings. The smallest absolute Gasteiger partial charge is 0.0166 e. The van der Waals surface area contributed by atoms with Crippen molar-refractivity contribution in [3.8, 4) is 0 Å². The Balaban J connectivity index is 2.10. The zero-order valence-corrected chi connectivity index (χ0v) is 5.14. The number of hydrogen-bond donors (Lipinski definition) is 0. The summed E-state index contributed by atoms with van der Waals surface area (Å²) in [5.41, 5.74) is 0. The first kappa shape index (κ1) is 5.83. The summed E-state index contributed by atoms with van der Waals surface area (Å²) in [7, 11) is 0. The van der Waals surface area contributed by atoms with Gasteiger partial charge >= 0.3 is 0 Å². The van der Waals surface area contributed by atoms with Crippen LogP contribution in [0.1, 0.15) is 6.42 Å². The zero-order valence-electron chi connectivity index (χ0n) is 5.14. The highest BCUT2D eigenvalue weighted by atomic mass is 15.1. The second-order valence-electron chi connectivity index (χ2n) is 2.08. The molecule has 0 amide bonds. The van der Waals surface area contributed by atoms with Gasteiger partial charge in [-0.25, -0.2) is 0 Å². The molecule has 0 aromatic carbocycles. The van der Waals surface area contributed by atoms with Gasteiger partial charge in [-0.05, 0) is 13.0 Å². The summed E-state index contributed by atoms with van der Waals surface area (Å²) in [5, 5.41) is 0. The Hall–Kier alpha value is -0.300. The minimum absolute atomic E-state index is 1.03. The molecule has 0 N–H and O–H groups in total. The summed E-state index contributed by atoms with van der Waals surface area (Å²) < 4.78 is 0. The van der Waals surface area contributed by atoms with Gasteiger partial charge in [0.15, 0.2) is 0 Å². The van der Waals surface area contributed by atoms with Gasteiger partial charge in [-0.1, -0.05) is 19.1 Å². The average molecular weight is 110 g/mol. The predicted molar refractivity (Wildman–Crippen MR) is 35.6 cm³/mol. The van der Waals surface area contributed by atoms with Crippen LogP contribution >= 0.6 is 0 Å². The molecule has 0 saturated heterocycles. The molecule has 0 aliphatic carbocycles. The fraction of sp³-hybridized carbons (Fsp3) is 0.571. The first-order valence-corrected chi connectivity index (χ1v) is 3.10. The van der Waals surface area contributed by atoms with Crippen LogP contribution < -0.4 is 0 Å². The molecule has 1 radical (unpaired) electrons. The molecule has 0 spiro atoms. The van der Waals surface area contributed by atoms with E-state index in [2.05, 4.69) is 24.0 Å². The molecule has 0 aromatic heterocycles. The van der Waals surface area contributed by atoms with Crippen molar-refractivity contribution in [2.75, 3.05) is 19.6 Å². The van der Waals surface area contributed by atoms with Gasteiger partial charge in [0.05, 0.1) is 0 Å². The summed E-state index contributed by atoms with van der Waals surface area (Å²) in [6, 6.07) is 0. The quantitative estimate of drug-likeness (QED) is 0.481. The largest absolute Gasteiger partial charge is 0.296 e. The first-order chi connectivity index (χ1) is 3.93. The Morgan fingerprint density at radius 1 is 1.38 bits per heavy atom. The van der Waals surface area contributed by atoms with E-state index in [0.29, 0.717) is 0 Å². The molecule has 0 aromatic rings. The monoisotopic (exact) mass is 110 g/mol. The van der Waals surface area contributed by atoms with Gasteiger partial charge in [0.1, 0.15) is 0 Å². The van der Waals surface area contributed by atoms with Crippen molar-refractivity contribution in [1.29, 1.82) is 0 Å². The van der Waals surface area contributed by atoms with Gasteiger partial charge in [0, 0.05) is 13.1 Å². The molecule has 1 heteroatoms. The third kappa shape index (κ3) is 1.34. The van der Waals surface area contributed by atoms with E-state index < -0.39 is 0 Å². The average Bonchev–Trinajstić information content (AvgIpc) is 2.19. The predicted octanol–water partition coefficient (Wildman–Crippen LogP) is 1.08. The van der Waals surface area contributed by atoms with Crippen LogP contribution in [-0.2, 0) is 0 Å². The summed E-state index contributed by atoms with van der Waals surface area (Å²) in [6.45, 7) is 7.19. The van der Waals surface area contributed by atoms with E-state index in [1.54, 1.807) is 0 Å². The summed E-state index contributed by atoms with van der Waals surface area (Å²) in [5.74, 6) is 0. The van der Waals surface area contributed by atoms with Crippen molar-refractivity contribution in [2.45, 2.75) is 6.42 Å². The van der Waals surface area contributed by atoms with E-state index in [9.17, 15) is 0 Å². The van der Waals surface area contributed by atoms with Gasteiger partial charge in [-0.15, -0.1) is 0 Å². The molecule has 45 valence electrons. The van der Waals surface area contributed by atoms with E-state index in [1.165, 1.54) is 0 Å². The third-order valence-electron chi connectivity index (χ3n) is 1.37. The number of nitrogens with zero attached hydrogens (tertiary/aromatic N) is 1. The Labute approximate surface area is 51.0 Å². The molecule has 8 heavy (non-hydrogen) atoms. The molecule has 1 rings (SSSR count). The van der Waals surface area contributed by atoms with E-state index in [-0.39, 0.29) is 0 Å². The molecule has 1 heterocycles. The van der Waals surface area contributed by atoms with Gasteiger partial charge < -0.3 is 0 Å². The van der Waals surface area contributed by atoms with E-state index in [1.807, 2.05) is 0 Å². The maximum absolute atomic E-state index is 3.78. The molecular weight excluding hydrogens is 98.1 g/mol. The van der Waals surface area contributed by atoms with Crippen LogP contribution in [0.5, 0.6) is 0 Å². The van der Waals surface area contributed by atoms with Gasteiger partial charge in [-0.2, -0.15) is 0 Å². The van der Waals surface area contributed by atoms with Crippen molar-refractivity contribution in [3.63, 3.8) is 0 Å². The Morgan fingerprint density at radius 2 is 2.00 bits per heavy atom. The fourth-order valence-corrected chi connectivity index (χ4v) is 0.928. The van der Waals surface area contributed by atoms with Crippen LogP contribution in [0.15, 0.2) is 12.2 Å². The van der Waals surface area contributed by atoms with E-state index >= 15 is 0 Å². The molecule has 1 nitrogen and oxygen atoms in total. The van der Waals surface area contributed by atoms with Crippen molar-refractivity contribution in [2.24, 2.45) is 0 Å². The van der Waals surface area contributed by atoms with Crippen molar-refractivity contribution < 1.29 is 0 Å². The Kier molecular flexibility index (Phi) is 2.10. The van der Waals surface area contributed by atoms with Gasteiger partial charge in [-0.3, -0.25) is 4.90 Å². The van der Waals surface area contributed by atoms with Crippen LogP contribution in [0.4, 0.5) is 0 Å². The second kappa shape index (κ2) is 2.88. The second-order valence-corrected chi connectivity index (χ2v) is 2.08. The lowest BCUT2D eigenvalue weighted by Gasteiger charge is -2.11. The highest BCUT2D eigenvalue weighted by Crippen LogP contribution is 1.97. The summed E-state index contributed by atoms with van der Waals surface area (Å²) in [6.07, 6.45) is 5.44. The molecule has 0 atom stereocenters. The number of hydrogen-bond acceptors (Lipinski definition) is 1. The maximum Gasteiger partial charge on any atom is 0.0166 e. The van der Waals surface area contributed by atoms with E-state index in [0.717, 1.165) is 26.1 Å². The van der Waals surface area contributed by atoms with Crippen molar-refractivity contribution in [3.05, 3.63) is 19.1 Å². The third-order valence-corrected chi connectivity index (χ3v) is 1.37. The van der Waals surface area contributed by atoms with Gasteiger partial charge in [0.2, 0.25) is 0 Å². The van der Waals surface area contributed by atoms with Crippen LogP contribution in [0.3, 0.4) is 0 Å². The SMILES string of the molecule is [CH2]CCN1CC=CC1. The normalized spacial score (nSPS) is 20.1. The van der Waals surface area contributed by atoms with Crippen molar-refractivity contribution in [1.82, 2.24) is 4.90 Å². The maximum atomic E-state index is 3.78. The van der Waals surface area contributed by atoms with Crippen molar-refractivity contribution >= 4 is 0 Å². The highest BCUT2D eigenvalue weighted by Gasteiger charge is 2.01. The number of rotatable bonds is 2. The molecule has 1 aliphatic heterocycles. The van der Waals surface area contributed by atoms with Gasteiger partial charge in [0.25, 0.3) is 0 Å². The highest BCUT2D eigenvalue weighted by molar-refractivity contribution is 4.94. The van der Waals surface area contributed by atoms with Crippen LogP contribution in [-0.4, -0.2) is 24.5 Å². The van der Waals surface area contributed by atoms with E-state index in [4.69, 9.17) is 0 Å². The minimum Gasteiger partial charge on any atom is -0.296 e. The molecular formula is C7H12N. The summed E-state index contributed by atoms with van der Waals surface area (Å²) >= 11 is 0. The van der Waals surface area contributed by atoms with Crippen LogP contribution in [0.25, 0.3) is 0 Å². The molecule has 0 bridgehead atoms. The zero-order chi connectivity index (χ0) is 5.82. The molecule has 0 saturated carbocycles. The lowest BCUT2D eigenvalue weighted by atomic mass is 10.4. The topological polar surface area (TPSA) is 3.24 Å². The Morgan fingerprint density at radius 3 is 2.50 bits per heavy atom.